The molecule has 0 saturated heterocycles. The third-order valence-electron chi connectivity index (χ3n) is 8.61. The Morgan fingerprint density at radius 2 is 1.35 bits per heavy atom. The Morgan fingerprint density at radius 3 is 1.94 bits per heavy atom. The van der Waals surface area contributed by atoms with Crippen LogP contribution in [0.2, 0.25) is 0 Å². The highest BCUT2D eigenvalue weighted by Crippen LogP contribution is 2.39. The lowest BCUT2D eigenvalue weighted by molar-refractivity contribution is -0.144. The molecular formula is C27H45NO3. The summed E-state index contributed by atoms with van der Waals surface area (Å²) in [7, 11) is 0. The van der Waals surface area contributed by atoms with Gasteiger partial charge in [0.25, 0.3) is 0 Å². The molecule has 0 aliphatic heterocycles. The fourth-order valence-electron chi connectivity index (χ4n) is 6.38. The molecule has 0 aromatic carbocycles. The molecular weight excluding hydrogens is 386 g/mol. The summed E-state index contributed by atoms with van der Waals surface area (Å²) in [5.41, 5.74) is 0. The normalized spacial score (nSPS) is 29.3. The molecule has 3 fully saturated rings. The van der Waals surface area contributed by atoms with Crippen molar-refractivity contribution < 1.29 is 14.4 Å². The lowest BCUT2D eigenvalue weighted by Crippen LogP contribution is -2.49. The molecule has 0 radical (unpaired) electrons. The van der Waals surface area contributed by atoms with Crippen molar-refractivity contribution in [3.8, 4) is 0 Å². The smallest absolute Gasteiger partial charge is 0.225 e. The number of ketones is 2. The van der Waals surface area contributed by atoms with Crippen molar-refractivity contribution in [3.63, 3.8) is 0 Å². The first-order chi connectivity index (χ1) is 14.9. The number of hydrogen-bond donors (Lipinski definition) is 0. The van der Waals surface area contributed by atoms with Crippen LogP contribution >= 0.6 is 0 Å². The zero-order valence-electron chi connectivity index (χ0n) is 20.2. The Hall–Kier alpha value is -1.19. The van der Waals surface area contributed by atoms with E-state index < -0.39 is 0 Å². The van der Waals surface area contributed by atoms with Gasteiger partial charge in [-0.25, -0.2) is 0 Å². The third-order valence-corrected chi connectivity index (χ3v) is 8.61. The van der Waals surface area contributed by atoms with E-state index >= 15 is 0 Å². The van der Waals surface area contributed by atoms with Crippen LogP contribution in [0, 0.1) is 29.6 Å². The highest BCUT2D eigenvalue weighted by atomic mass is 16.2. The van der Waals surface area contributed by atoms with Gasteiger partial charge in [0.05, 0.1) is 0 Å². The molecule has 0 bridgehead atoms. The molecule has 1 amide bonds. The quantitative estimate of drug-likeness (QED) is 0.476. The maximum Gasteiger partial charge on any atom is 0.225 e. The number of amides is 1. The van der Waals surface area contributed by atoms with Gasteiger partial charge in [0.2, 0.25) is 5.91 Å². The van der Waals surface area contributed by atoms with Gasteiger partial charge in [-0.1, -0.05) is 52.4 Å². The van der Waals surface area contributed by atoms with Crippen LogP contribution < -0.4 is 0 Å². The summed E-state index contributed by atoms with van der Waals surface area (Å²) in [6.07, 6.45) is 15.1. The van der Waals surface area contributed by atoms with Crippen molar-refractivity contribution in [3.05, 3.63) is 0 Å². The van der Waals surface area contributed by atoms with Gasteiger partial charge in [-0.3, -0.25) is 14.4 Å². The highest BCUT2D eigenvalue weighted by Gasteiger charge is 2.41. The van der Waals surface area contributed by atoms with Crippen molar-refractivity contribution in [2.75, 3.05) is 6.54 Å². The molecule has 4 heteroatoms. The molecule has 3 aliphatic rings. The molecule has 0 heterocycles. The van der Waals surface area contributed by atoms with Crippen LogP contribution in [0.25, 0.3) is 0 Å². The van der Waals surface area contributed by atoms with Gasteiger partial charge in [-0.2, -0.15) is 0 Å². The van der Waals surface area contributed by atoms with E-state index in [1.54, 1.807) is 6.92 Å². The van der Waals surface area contributed by atoms with Gasteiger partial charge in [0.15, 0.2) is 0 Å². The number of Topliss-reactive ketones (excluding diaryl/α,β-unsaturated/α-hetero) is 2. The van der Waals surface area contributed by atoms with E-state index in [0.717, 1.165) is 25.8 Å². The lowest BCUT2D eigenvalue weighted by Gasteiger charge is -2.42. The summed E-state index contributed by atoms with van der Waals surface area (Å²) >= 11 is 0. The van der Waals surface area contributed by atoms with E-state index in [0.29, 0.717) is 31.2 Å². The minimum atomic E-state index is -0.161. The molecule has 0 aromatic rings. The van der Waals surface area contributed by atoms with E-state index in [9.17, 15) is 14.4 Å². The SMILES string of the molecule is CCC(C)C(=O)C1CC(C(C)=O)CC(C(=O)N(CC2CCCCC2)C2CCCCC2)C1. The predicted molar refractivity (Wildman–Crippen MR) is 125 cm³/mol. The van der Waals surface area contributed by atoms with Crippen molar-refractivity contribution in [2.45, 2.75) is 117 Å². The molecule has 4 unspecified atom stereocenters. The van der Waals surface area contributed by atoms with E-state index in [1.807, 2.05) is 13.8 Å². The minimum absolute atomic E-state index is 0.0168. The molecule has 176 valence electrons. The van der Waals surface area contributed by atoms with Crippen LogP contribution in [0.3, 0.4) is 0 Å². The van der Waals surface area contributed by atoms with E-state index in [2.05, 4.69) is 4.90 Å². The average Bonchev–Trinajstić information content (AvgIpc) is 2.82. The molecule has 0 spiro atoms. The zero-order valence-corrected chi connectivity index (χ0v) is 20.2. The summed E-state index contributed by atoms with van der Waals surface area (Å²) in [5.74, 6) is 0.890. The van der Waals surface area contributed by atoms with E-state index in [-0.39, 0.29) is 41.1 Å². The number of carbonyl (C=O) groups excluding carboxylic acids is 3. The van der Waals surface area contributed by atoms with Crippen LogP contribution in [-0.2, 0) is 14.4 Å². The third kappa shape index (κ3) is 6.42. The molecule has 4 nitrogen and oxygen atoms in total. The Bertz CT molecular complexity index is 618. The fraction of sp³-hybridized carbons (Fsp3) is 0.889. The van der Waals surface area contributed by atoms with Crippen LogP contribution in [0.15, 0.2) is 0 Å². The summed E-state index contributed by atoms with van der Waals surface area (Å²) < 4.78 is 0. The van der Waals surface area contributed by atoms with Crippen LogP contribution in [0.4, 0.5) is 0 Å². The minimum Gasteiger partial charge on any atom is -0.339 e. The van der Waals surface area contributed by atoms with Crippen molar-refractivity contribution >= 4 is 17.5 Å². The number of hydrogen-bond acceptors (Lipinski definition) is 3. The number of carbonyl (C=O) groups is 3. The van der Waals surface area contributed by atoms with Crippen LogP contribution in [0.1, 0.15) is 111 Å². The maximum atomic E-state index is 14.0. The molecule has 3 rings (SSSR count). The topological polar surface area (TPSA) is 54.5 Å². The van der Waals surface area contributed by atoms with Gasteiger partial charge >= 0.3 is 0 Å². The second-order valence-electron chi connectivity index (χ2n) is 10.9. The molecule has 0 aromatic heterocycles. The second-order valence-corrected chi connectivity index (χ2v) is 10.9. The fourth-order valence-corrected chi connectivity index (χ4v) is 6.38. The largest absolute Gasteiger partial charge is 0.339 e. The Morgan fingerprint density at radius 1 is 0.806 bits per heavy atom. The predicted octanol–water partition coefficient (Wildman–Crippen LogP) is 5.96. The monoisotopic (exact) mass is 431 g/mol. The number of nitrogens with zero attached hydrogens (tertiary/aromatic N) is 1. The average molecular weight is 432 g/mol. The Labute approximate surface area is 189 Å². The van der Waals surface area contributed by atoms with Crippen molar-refractivity contribution in [1.82, 2.24) is 4.90 Å². The van der Waals surface area contributed by atoms with E-state index in [4.69, 9.17) is 0 Å². The lowest BCUT2D eigenvalue weighted by atomic mass is 9.70. The number of rotatable bonds is 8. The van der Waals surface area contributed by atoms with Crippen LogP contribution in [0.5, 0.6) is 0 Å². The summed E-state index contributed by atoms with van der Waals surface area (Å²) in [5, 5.41) is 0. The first kappa shape index (κ1) is 24.5. The van der Waals surface area contributed by atoms with Gasteiger partial charge in [0.1, 0.15) is 11.6 Å². The van der Waals surface area contributed by atoms with Crippen LogP contribution in [-0.4, -0.2) is 35.0 Å². The van der Waals surface area contributed by atoms with Gasteiger partial charge in [0, 0.05) is 36.3 Å². The van der Waals surface area contributed by atoms with Gasteiger partial charge < -0.3 is 4.90 Å². The van der Waals surface area contributed by atoms with Gasteiger partial charge in [-0.15, -0.1) is 0 Å². The van der Waals surface area contributed by atoms with Gasteiger partial charge in [-0.05, 0) is 64.2 Å². The summed E-state index contributed by atoms with van der Waals surface area (Å²) in [6, 6.07) is 0.365. The first-order valence-corrected chi connectivity index (χ1v) is 13.2. The molecule has 3 aliphatic carbocycles. The Balaban J connectivity index is 1.77. The summed E-state index contributed by atoms with van der Waals surface area (Å²) in [6.45, 7) is 6.58. The standard InChI is InChI=1S/C27H45NO3/c1-4-19(2)26(30)23-15-22(20(3)29)16-24(17-23)27(31)28(25-13-9-6-10-14-25)18-21-11-7-5-8-12-21/h19,21-25H,4-18H2,1-3H3. The Kier molecular flexibility index (Phi) is 9.16. The maximum absolute atomic E-state index is 14.0. The summed E-state index contributed by atoms with van der Waals surface area (Å²) in [4.78, 5) is 41.5. The van der Waals surface area contributed by atoms with E-state index in [1.165, 1.54) is 51.4 Å². The highest BCUT2D eigenvalue weighted by molar-refractivity contribution is 5.87. The first-order valence-electron chi connectivity index (χ1n) is 13.2. The zero-order chi connectivity index (χ0) is 22.4. The molecule has 31 heavy (non-hydrogen) atoms. The second kappa shape index (κ2) is 11.6. The molecule has 0 N–H and O–H groups in total. The van der Waals surface area contributed by atoms with Crippen molar-refractivity contribution in [1.29, 1.82) is 0 Å². The molecule has 4 atom stereocenters. The van der Waals surface area contributed by atoms with Crippen molar-refractivity contribution in [2.24, 2.45) is 29.6 Å². The molecule has 3 saturated carbocycles.